The third-order valence-electron chi connectivity index (χ3n) is 5.48. The van der Waals surface area contributed by atoms with E-state index in [2.05, 4.69) is 56.8 Å². The number of aliphatic imine (C=N–C) groups is 1. The van der Waals surface area contributed by atoms with Crippen molar-refractivity contribution in [1.82, 2.24) is 25.3 Å². The van der Waals surface area contributed by atoms with Gasteiger partial charge in [-0.15, -0.1) is 0 Å². The molecule has 6 nitrogen and oxygen atoms in total. The molecule has 152 valence electrons. The predicted octanol–water partition coefficient (Wildman–Crippen LogP) is 2.72. The molecular formula is C22H34N6. The van der Waals surface area contributed by atoms with Gasteiger partial charge in [-0.25, -0.2) is 0 Å². The molecule has 0 amide bonds. The minimum Gasteiger partial charge on any atom is -0.356 e. The van der Waals surface area contributed by atoms with Gasteiger partial charge in [0.2, 0.25) is 0 Å². The summed E-state index contributed by atoms with van der Waals surface area (Å²) in [5.41, 5.74) is 2.55. The first-order chi connectivity index (χ1) is 13.8. The Balaban J connectivity index is 1.46. The fourth-order valence-corrected chi connectivity index (χ4v) is 3.82. The highest BCUT2D eigenvalue weighted by atomic mass is 15.3. The van der Waals surface area contributed by atoms with Gasteiger partial charge in [-0.2, -0.15) is 5.10 Å². The van der Waals surface area contributed by atoms with Crippen LogP contribution in [0.5, 0.6) is 0 Å². The van der Waals surface area contributed by atoms with Crippen molar-refractivity contribution in [3.63, 3.8) is 0 Å². The lowest BCUT2D eigenvalue weighted by molar-refractivity contribution is 0.185. The van der Waals surface area contributed by atoms with Crippen LogP contribution >= 0.6 is 0 Å². The van der Waals surface area contributed by atoms with Gasteiger partial charge in [0.05, 0.1) is 6.54 Å². The lowest BCUT2D eigenvalue weighted by Crippen LogP contribution is -2.42. The molecule has 6 heteroatoms. The van der Waals surface area contributed by atoms with E-state index in [-0.39, 0.29) is 0 Å². The number of hydrogen-bond donors (Lipinski definition) is 2. The maximum absolute atomic E-state index is 4.40. The Morgan fingerprint density at radius 3 is 2.61 bits per heavy atom. The largest absolute Gasteiger partial charge is 0.356 e. The molecule has 0 atom stereocenters. The molecule has 2 heterocycles. The Hall–Kier alpha value is -2.34. The smallest absolute Gasteiger partial charge is 0.191 e. The second kappa shape index (κ2) is 10.9. The maximum Gasteiger partial charge on any atom is 0.191 e. The third kappa shape index (κ3) is 6.09. The van der Waals surface area contributed by atoms with E-state index in [0.29, 0.717) is 0 Å². The zero-order valence-electron chi connectivity index (χ0n) is 17.3. The minimum absolute atomic E-state index is 0.735. The lowest BCUT2D eigenvalue weighted by atomic mass is 9.97. The molecule has 1 aliphatic rings. The SMILES string of the molecule is CCCN1CCC(CNC(=NC)NCc2ccccc2Cn2cccn2)CC1. The summed E-state index contributed by atoms with van der Waals surface area (Å²) in [5, 5.41) is 11.3. The molecule has 0 bridgehead atoms. The van der Waals surface area contributed by atoms with Crippen LogP contribution in [0.1, 0.15) is 37.3 Å². The van der Waals surface area contributed by atoms with Crippen LogP contribution in [0.4, 0.5) is 0 Å². The number of hydrogen-bond acceptors (Lipinski definition) is 3. The van der Waals surface area contributed by atoms with E-state index in [4.69, 9.17) is 0 Å². The number of aromatic nitrogens is 2. The highest BCUT2D eigenvalue weighted by Gasteiger charge is 2.18. The van der Waals surface area contributed by atoms with E-state index in [1.54, 1.807) is 0 Å². The van der Waals surface area contributed by atoms with Crippen molar-refractivity contribution in [3.8, 4) is 0 Å². The highest BCUT2D eigenvalue weighted by molar-refractivity contribution is 5.79. The molecular weight excluding hydrogens is 348 g/mol. The van der Waals surface area contributed by atoms with Crippen LogP contribution in [-0.2, 0) is 13.1 Å². The van der Waals surface area contributed by atoms with Crippen LogP contribution in [0, 0.1) is 5.92 Å². The number of guanidine groups is 1. The van der Waals surface area contributed by atoms with Crippen molar-refractivity contribution >= 4 is 5.96 Å². The van der Waals surface area contributed by atoms with Gasteiger partial charge in [-0.05, 0) is 62.0 Å². The molecule has 3 rings (SSSR count). The van der Waals surface area contributed by atoms with Gasteiger partial charge in [0.15, 0.2) is 5.96 Å². The normalized spacial score (nSPS) is 16.3. The standard InChI is InChI=1S/C22H34N6/c1-3-12-27-14-9-19(10-15-27)16-24-22(23-2)25-17-20-7-4-5-8-21(20)18-28-13-6-11-26-28/h4-8,11,13,19H,3,9-10,12,14-18H2,1-2H3,(H2,23,24,25). The molecule has 1 aliphatic heterocycles. The molecule has 0 spiro atoms. The Kier molecular flexibility index (Phi) is 7.91. The van der Waals surface area contributed by atoms with Crippen LogP contribution in [-0.4, -0.2) is 53.9 Å². The van der Waals surface area contributed by atoms with E-state index in [0.717, 1.165) is 31.5 Å². The summed E-state index contributed by atoms with van der Waals surface area (Å²) in [6, 6.07) is 10.5. The molecule has 2 N–H and O–H groups in total. The summed E-state index contributed by atoms with van der Waals surface area (Å²) >= 11 is 0. The number of likely N-dealkylation sites (tertiary alicyclic amines) is 1. The summed E-state index contributed by atoms with van der Waals surface area (Å²) in [6.07, 6.45) is 7.62. The second-order valence-electron chi connectivity index (χ2n) is 7.56. The van der Waals surface area contributed by atoms with Crippen molar-refractivity contribution in [2.75, 3.05) is 33.2 Å². The van der Waals surface area contributed by atoms with Crippen LogP contribution in [0.2, 0.25) is 0 Å². The first-order valence-corrected chi connectivity index (χ1v) is 10.5. The first-order valence-electron chi connectivity index (χ1n) is 10.5. The quantitative estimate of drug-likeness (QED) is 0.544. The van der Waals surface area contributed by atoms with Crippen molar-refractivity contribution in [2.45, 2.75) is 39.3 Å². The van der Waals surface area contributed by atoms with Crippen LogP contribution < -0.4 is 10.6 Å². The molecule has 1 saturated heterocycles. The van der Waals surface area contributed by atoms with Crippen molar-refractivity contribution in [3.05, 3.63) is 53.9 Å². The molecule has 1 aromatic carbocycles. The average molecular weight is 383 g/mol. The van der Waals surface area contributed by atoms with Crippen LogP contribution in [0.3, 0.4) is 0 Å². The molecule has 2 aromatic rings. The van der Waals surface area contributed by atoms with Crippen molar-refractivity contribution in [1.29, 1.82) is 0 Å². The second-order valence-corrected chi connectivity index (χ2v) is 7.56. The van der Waals surface area contributed by atoms with Gasteiger partial charge < -0.3 is 15.5 Å². The summed E-state index contributed by atoms with van der Waals surface area (Å²) in [4.78, 5) is 6.99. The van der Waals surface area contributed by atoms with Crippen LogP contribution in [0.15, 0.2) is 47.7 Å². The molecule has 0 radical (unpaired) electrons. The monoisotopic (exact) mass is 382 g/mol. The molecule has 28 heavy (non-hydrogen) atoms. The topological polar surface area (TPSA) is 57.5 Å². The van der Waals surface area contributed by atoms with E-state index in [1.807, 2.05) is 30.2 Å². The van der Waals surface area contributed by atoms with Crippen molar-refractivity contribution in [2.24, 2.45) is 10.9 Å². The Bertz CT molecular complexity index is 716. The fourth-order valence-electron chi connectivity index (χ4n) is 3.82. The summed E-state index contributed by atoms with van der Waals surface area (Å²) in [6.45, 7) is 8.49. The van der Waals surface area contributed by atoms with E-state index >= 15 is 0 Å². The zero-order chi connectivity index (χ0) is 19.6. The van der Waals surface area contributed by atoms with Gasteiger partial charge in [-0.1, -0.05) is 31.2 Å². The summed E-state index contributed by atoms with van der Waals surface area (Å²) in [5.74, 6) is 1.61. The molecule has 0 aliphatic carbocycles. The van der Waals surface area contributed by atoms with Crippen LogP contribution in [0.25, 0.3) is 0 Å². The van der Waals surface area contributed by atoms with E-state index in [1.165, 1.54) is 50.0 Å². The lowest BCUT2D eigenvalue weighted by Gasteiger charge is -2.32. The number of nitrogens with zero attached hydrogens (tertiary/aromatic N) is 4. The molecule has 0 saturated carbocycles. The van der Waals surface area contributed by atoms with Gasteiger partial charge in [-0.3, -0.25) is 9.67 Å². The maximum atomic E-state index is 4.40. The van der Waals surface area contributed by atoms with E-state index in [9.17, 15) is 0 Å². The average Bonchev–Trinajstić information content (AvgIpc) is 3.24. The summed E-state index contributed by atoms with van der Waals surface area (Å²) in [7, 11) is 1.84. The van der Waals surface area contributed by atoms with Gasteiger partial charge in [0.25, 0.3) is 0 Å². The third-order valence-corrected chi connectivity index (χ3v) is 5.48. The number of nitrogens with one attached hydrogen (secondary N) is 2. The molecule has 1 aromatic heterocycles. The fraction of sp³-hybridized carbons (Fsp3) is 0.545. The van der Waals surface area contributed by atoms with Gasteiger partial charge in [0.1, 0.15) is 0 Å². The summed E-state index contributed by atoms with van der Waals surface area (Å²) < 4.78 is 1.96. The Morgan fingerprint density at radius 1 is 1.14 bits per heavy atom. The Morgan fingerprint density at radius 2 is 1.93 bits per heavy atom. The van der Waals surface area contributed by atoms with Crippen molar-refractivity contribution < 1.29 is 0 Å². The van der Waals surface area contributed by atoms with E-state index < -0.39 is 0 Å². The first kappa shape index (κ1) is 20.4. The molecule has 0 unspecified atom stereocenters. The van der Waals surface area contributed by atoms with Gasteiger partial charge >= 0.3 is 0 Å². The zero-order valence-corrected chi connectivity index (χ0v) is 17.3. The predicted molar refractivity (Wildman–Crippen MR) is 115 cm³/mol. The minimum atomic E-state index is 0.735. The Labute approximate surface area is 169 Å². The highest BCUT2D eigenvalue weighted by Crippen LogP contribution is 2.16. The van der Waals surface area contributed by atoms with Gasteiger partial charge in [0, 0.05) is 32.5 Å². The number of rotatable bonds is 8. The number of benzene rings is 1. The molecule has 1 fully saturated rings. The number of piperidine rings is 1.